The summed E-state index contributed by atoms with van der Waals surface area (Å²) in [5.74, 6) is 0.721. The van der Waals surface area contributed by atoms with E-state index >= 15 is 0 Å². The quantitative estimate of drug-likeness (QED) is 0.391. The van der Waals surface area contributed by atoms with Gasteiger partial charge in [-0.25, -0.2) is 0 Å². The molecule has 5 nitrogen and oxygen atoms in total. The number of hydrogen-bond donors (Lipinski definition) is 2. The number of furan rings is 1. The summed E-state index contributed by atoms with van der Waals surface area (Å²) in [7, 11) is 0. The lowest BCUT2D eigenvalue weighted by atomic mass is 10.0. The van der Waals surface area contributed by atoms with Crippen molar-refractivity contribution in [3.8, 4) is 17.4 Å². The van der Waals surface area contributed by atoms with Gasteiger partial charge in [0.25, 0.3) is 0 Å². The molecule has 0 fully saturated rings. The number of pyridine rings is 1. The highest BCUT2D eigenvalue weighted by atomic mass is 16.3. The minimum absolute atomic E-state index is 0.468. The number of fused-ring (bicyclic) bond motifs is 2. The highest BCUT2D eigenvalue weighted by Crippen LogP contribution is 2.39. The van der Waals surface area contributed by atoms with Crippen LogP contribution < -0.4 is 5.32 Å². The van der Waals surface area contributed by atoms with Gasteiger partial charge in [-0.1, -0.05) is 18.2 Å². The number of para-hydroxylation sites is 1. The molecular formula is C24H18N4O. The number of aromatic nitrogens is 2. The lowest BCUT2D eigenvalue weighted by Gasteiger charge is -2.15. The minimum atomic E-state index is 0.468. The molecule has 0 saturated carbocycles. The summed E-state index contributed by atoms with van der Waals surface area (Å²) in [6.45, 7) is 4.10. The van der Waals surface area contributed by atoms with Crippen molar-refractivity contribution in [1.29, 1.82) is 5.26 Å². The molecule has 0 amide bonds. The number of nitriles is 1. The SMILES string of the molecule is Cc1c(Nc2c(C#N)cncc2-c2oc3ccccc3c2C)ccc2[nH]ccc12. The number of H-pyrrole nitrogens is 1. The van der Waals surface area contributed by atoms with Crippen LogP contribution in [0.15, 0.2) is 65.5 Å². The second-order valence-electron chi connectivity index (χ2n) is 7.08. The number of aromatic amines is 1. The molecular weight excluding hydrogens is 360 g/mol. The normalized spacial score (nSPS) is 11.1. The Morgan fingerprint density at radius 3 is 2.69 bits per heavy atom. The number of hydrogen-bond acceptors (Lipinski definition) is 4. The summed E-state index contributed by atoms with van der Waals surface area (Å²) in [6.07, 6.45) is 5.25. The smallest absolute Gasteiger partial charge is 0.142 e. The van der Waals surface area contributed by atoms with E-state index in [2.05, 4.69) is 34.3 Å². The molecule has 29 heavy (non-hydrogen) atoms. The zero-order chi connectivity index (χ0) is 20.0. The van der Waals surface area contributed by atoms with Crippen molar-refractivity contribution in [2.24, 2.45) is 0 Å². The monoisotopic (exact) mass is 378 g/mol. The Kier molecular flexibility index (Phi) is 3.85. The van der Waals surface area contributed by atoms with E-state index in [0.717, 1.165) is 50.0 Å². The molecule has 0 atom stereocenters. The fourth-order valence-electron chi connectivity index (χ4n) is 3.84. The molecule has 0 spiro atoms. The molecule has 3 aromatic heterocycles. The van der Waals surface area contributed by atoms with Crippen LogP contribution in [-0.2, 0) is 0 Å². The van der Waals surface area contributed by atoms with Gasteiger partial charge in [0.1, 0.15) is 17.4 Å². The van der Waals surface area contributed by atoms with Crippen molar-refractivity contribution in [1.82, 2.24) is 9.97 Å². The first-order valence-corrected chi connectivity index (χ1v) is 9.37. The van der Waals surface area contributed by atoms with Crippen molar-refractivity contribution < 1.29 is 4.42 Å². The van der Waals surface area contributed by atoms with Crippen molar-refractivity contribution >= 4 is 33.2 Å². The number of nitrogens with one attached hydrogen (secondary N) is 2. The maximum atomic E-state index is 9.72. The van der Waals surface area contributed by atoms with Crippen LogP contribution in [0.1, 0.15) is 16.7 Å². The zero-order valence-electron chi connectivity index (χ0n) is 16.1. The van der Waals surface area contributed by atoms with Gasteiger partial charge in [-0.15, -0.1) is 0 Å². The zero-order valence-corrected chi connectivity index (χ0v) is 16.1. The van der Waals surface area contributed by atoms with Gasteiger partial charge in [0.05, 0.1) is 16.8 Å². The van der Waals surface area contributed by atoms with E-state index in [1.807, 2.05) is 49.5 Å². The largest absolute Gasteiger partial charge is 0.456 e. The number of benzene rings is 2. The fraction of sp³-hybridized carbons (Fsp3) is 0.0833. The topological polar surface area (TPSA) is 77.6 Å². The van der Waals surface area contributed by atoms with E-state index in [9.17, 15) is 5.26 Å². The van der Waals surface area contributed by atoms with Crippen LogP contribution >= 0.6 is 0 Å². The molecule has 0 aliphatic heterocycles. The predicted octanol–water partition coefficient (Wildman–Crippen LogP) is 6.21. The third-order valence-corrected chi connectivity index (χ3v) is 5.42. The maximum absolute atomic E-state index is 9.72. The highest BCUT2D eigenvalue weighted by molar-refractivity contribution is 5.94. The average Bonchev–Trinajstić information content (AvgIpc) is 3.36. The molecule has 0 radical (unpaired) electrons. The Labute approximate surface area is 167 Å². The molecule has 0 unspecified atom stereocenters. The Morgan fingerprint density at radius 1 is 1.00 bits per heavy atom. The summed E-state index contributed by atoms with van der Waals surface area (Å²) in [5, 5.41) is 15.4. The van der Waals surface area contributed by atoms with Crippen LogP contribution in [0, 0.1) is 25.2 Å². The number of nitrogens with zero attached hydrogens (tertiary/aromatic N) is 2. The molecule has 2 aromatic carbocycles. The van der Waals surface area contributed by atoms with E-state index in [-0.39, 0.29) is 0 Å². The van der Waals surface area contributed by atoms with Crippen molar-refractivity contribution in [3.63, 3.8) is 0 Å². The van der Waals surface area contributed by atoms with Gasteiger partial charge in [0.15, 0.2) is 0 Å². The summed E-state index contributed by atoms with van der Waals surface area (Å²) < 4.78 is 6.16. The van der Waals surface area contributed by atoms with Gasteiger partial charge in [-0.2, -0.15) is 5.26 Å². The first kappa shape index (κ1) is 17.1. The van der Waals surface area contributed by atoms with Gasteiger partial charge < -0.3 is 14.7 Å². The van der Waals surface area contributed by atoms with Gasteiger partial charge in [-0.3, -0.25) is 4.98 Å². The number of rotatable bonds is 3. The lowest BCUT2D eigenvalue weighted by molar-refractivity contribution is 0.629. The predicted molar refractivity (Wildman–Crippen MR) is 115 cm³/mol. The Bertz CT molecular complexity index is 1420. The van der Waals surface area contributed by atoms with E-state index in [4.69, 9.17) is 4.42 Å². The van der Waals surface area contributed by atoms with Crippen molar-refractivity contribution in [3.05, 3.63) is 77.7 Å². The Hall–Kier alpha value is -4.04. The van der Waals surface area contributed by atoms with Crippen LogP contribution in [0.3, 0.4) is 0 Å². The number of anilines is 2. The molecule has 0 aliphatic rings. The van der Waals surface area contributed by atoms with Gasteiger partial charge in [0.2, 0.25) is 0 Å². The third-order valence-electron chi connectivity index (χ3n) is 5.42. The summed E-state index contributed by atoms with van der Waals surface area (Å²) in [6, 6.07) is 16.3. The fourth-order valence-corrected chi connectivity index (χ4v) is 3.84. The van der Waals surface area contributed by atoms with E-state index in [1.165, 1.54) is 0 Å². The van der Waals surface area contributed by atoms with Crippen LogP contribution in [0.2, 0.25) is 0 Å². The van der Waals surface area contributed by atoms with E-state index < -0.39 is 0 Å². The third kappa shape index (κ3) is 2.66. The lowest BCUT2D eigenvalue weighted by Crippen LogP contribution is -2.00. The molecule has 2 N–H and O–H groups in total. The molecule has 0 bridgehead atoms. The molecule has 0 saturated heterocycles. The van der Waals surface area contributed by atoms with Gasteiger partial charge in [-0.05, 0) is 43.7 Å². The van der Waals surface area contributed by atoms with E-state index in [0.29, 0.717) is 11.3 Å². The highest BCUT2D eigenvalue weighted by Gasteiger charge is 2.19. The van der Waals surface area contributed by atoms with Gasteiger partial charge >= 0.3 is 0 Å². The van der Waals surface area contributed by atoms with Crippen LogP contribution in [-0.4, -0.2) is 9.97 Å². The Morgan fingerprint density at radius 2 is 1.86 bits per heavy atom. The maximum Gasteiger partial charge on any atom is 0.142 e. The molecule has 5 heteroatoms. The second kappa shape index (κ2) is 6.54. The first-order chi connectivity index (χ1) is 14.2. The van der Waals surface area contributed by atoms with Crippen LogP contribution in [0.4, 0.5) is 11.4 Å². The van der Waals surface area contributed by atoms with Crippen LogP contribution in [0.25, 0.3) is 33.2 Å². The van der Waals surface area contributed by atoms with Crippen molar-refractivity contribution in [2.45, 2.75) is 13.8 Å². The van der Waals surface area contributed by atoms with E-state index in [1.54, 1.807) is 12.4 Å². The summed E-state index contributed by atoms with van der Waals surface area (Å²) in [5.41, 5.74) is 6.91. The molecule has 3 heterocycles. The van der Waals surface area contributed by atoms with Gasteiger partial charge in [0, 0.05) is 46.1 Å². The Balaban J connectivity index is 1.71. The summed E-state index contributed by atoms with van der Waals surface area (Å²) >= 11 is 0. The second-order valence-corrected chi connectivity index (χ2v) is 7.08. The van der Waals surface area contributed by atoms with Crippen LogP contribution in [0.5, 0.6) is 0 Å². The number of aryl methyl sites for hydroxylation is 2. The average molecular weight is 378 g/mol. The first-order valence-electron chi connectivity index (χ1n) is 9.37. The molecule has 5 rings (SSSR count). The van der Waals surface area contributed by atoms with Crippen molar-refractivity contribution in [2.75, 3.05) is 5.32 Å². The molecule has 5 aromatic rings. The minimum Gasteiger partial charge on any atom is -0.456 e. The standard InChI is InChI=1S/C24H18N4O/c1-14-17-9-10-27-21(17)8-7-20(14)28-23-16(11-25)12-26-13-19(23)24-15(2)18-5-3-4-6-22(18)29-24/h3-10,12-13,27H,1-2H3,(H,26,28). The molecule has 140 valence electrons. The summed E-state index contributed by atoms with van der Waals surface area (Å²) in [4.78, 5) is 7.51. The molecule has 0 aliphatic carbocycles.